The highest BCUT2D eigenvalue weighted by molar-refractivity contribution is 6.17. The van der Waals surface area contributed by atoms with Gasteiger partial charge in [0.05, 0.1) is 0 Å². The van der Waals surface area contributed by atoms with Gasteiger partial charge < -0.3 is 0 Å². The van der Waals surface area contributed by atoms with Crippen LogP contribution in [0.2, 0.25) is 0 Å². The van der Waals surface area contributed by atoms with E-state index in [0.717, 1.165) is 31.9 Å². The summed E-state index contributed by atoms with van der Waals surface area (Å²) in [6.07, 6.45) is 1.09. The van der Waals surface area contributed by atoms with Crippen LogP contribution in [0.25, 0.3) is 0 Å². The molecule has 78 valence electrons. The van der Waals surface area contributed by atoms with Gasteiger partial charge in [-0.1, -0.05) is 24.3 Å². The van der Waals surface area contributed by atoms with E-state index in [4.69, 9.17) is 11.6 Å². The molecule has 1 nitrogen and oxygen atoms in total. The first-order valence-corrected chi connectivity index (χ1v) is 5.28. The maximum absolute atomic E-state index is 5.66. The molecular weight excluding hydrogens is 217 g/mol. The van der Waals surface area contributed by atoms with Gasteiger partial charge in [-0.25, -0.2) is 0 Å². The van der Waals surface area contributed by atoms with Crippen molar-refractivity contribution in [3.05, 3.63) is 35.4 Å². The molecule has 1 aliphatic heterocycles. The highest BCUT2D eigenvalue weighted by Crippen LogP contribution is 2.21. The van der Waals surface area contributed by atoms with Gasteiger partial charge in [-0.15, -0.1) is 24.0 Å². The van der Waals surface area contributed by atoms with E-state index in [1.54, 1.807) is 0 Å². The van der Waals surface area contributed by atoms with Crippen LogP contribution in [-0.2, 0) is 13.1 Å². The largest absolute Gasteiger partial charge is 0.295 e. The van der Waals surface area contributed by atoms with Crippen LogP contribution in [0.1, 0.15) is 17.5 Å². The molecule has 0 aliphatic carbocycles. The molecule has 1 aromatic rings. The van der Waals surface area contributed by atoms with Gasteiger partial charge in [0.1, 0.15) is 0 Å². The Kier molecular flexibility index (Phi) is 4.73. The van der Waals surface area contributed by atoms with Crippen LogP contribution in [-0.4, -0.2) is 17.3 Å². The fourth-order valence-electron chi connectivity index (χ4n) is 1.85. The highest BCUT2D eigenvalue weighted by atomic mass is 35.5. The van der Waals surface area contributed by atoms with Crippen molar-refractivity contribution in [2.24, 2.45) is 0 Å². The first-order valence-electron chi connectivity index (χ1n) is 4.75. The lowest BCUT2D eigenvalue weighted by Gasteiger charge is -2.12. The van der Waals surface area contributed by atoms with E-state index < -0.39 is 0 Å². The monoisotopic (exact) mass is 231 g/mol. The number of halogens is 2. The average molecular weight is 232 g/mol. The molecule has 2 rings (SSSR count). The van der Waals surface area contributed by atoms with Crippen LogP contribution in [0.15, 0.2) is 24.3 Å². The van der Waals surface area contributed by atoms with Crippen LogP contribution >= 0.6 is 24.0 Å². The topological polar surface area (TPSA) is 3.24 Å². The van der Waals surface area contributed by atoms with E-state index >= 15 is 0 Å². The van der Waals surface area contributed by atoms with Gasteiger partial charge in [-0.2, -0.15) is 0 Å². The summed E-state index contributed by atoms with van der Waals surface area (Å²) >= 11 is 5.66. The quantitative estimate of drug-likeness (QED) is 0.724. The van der Waals surface area contributed by atoms with E-state index in [1.165, 1.54) is 11.1 Å². The minimum atomic E-state index is 0. The van der Waals surface area contributed by atoms with Gasteiger partial charge in [0.15, 0.2) is 0 Å². The van der Waals surface area contributed by atoms with E-state index in [9.17, 15) is 0 Å². The Morgan fingerprint density at radius 2 is 1.71 bits per heavy atom. The van der Waals surface area contributed by atoms with Gasteiger partial charge in [0.2, 0.25) is 0 Å². The Balaban J connectivity index is 0.000000980. The van der Waals surface area contributed by atoms with Crippen LogP contribution < -0.4 is 0 Å². The zero-order chi connectivity index (χ0) is 9.10. The lowest BCUT2D eigenvalue weighted by molar-refractivity contribution is 0.285. The number of rotatable bonds is 3. The summed E-state index contributed by atoms with van der Waals surface area (Å²) < 4.78 is 0. The van der Waals surface area contributed by atoms with Gasteiger partial charge in [-0.05, 0) is 24.1 Å². The molecule has 0 saturated carbocycles. The van der Waals surface area contributed by atoms with Crippen molar-refractivity contribution in [1.82, 2.24) is 4.90 Å². The summed E-state index contributed by atoms with van der Waals surface area (Å²) in [5.41, 5.74) is 2.97. The Bertz CT molecular complexity index is 263. The van der Waals surface area contributed by atoms with Gasteiger partial charge in [-0.3, -0.25) is 4.90 Å². The van der Waals surface area contributed by atoms with E-state index in [-0.39, 0.29) is 12.4 Å². The summed E-state index contributed by atoms with van der Waals surface area (Å²) in [6.45, 7) is 3.33. The molecule has 0 spiro atoms. The van der Waals surface area contributed by atoms with Crippen molar-refractivity contribution >= 4 is 24.0 Å². The summed E-state index contributed by atoms with van der Waals surface area (Å²) in [6, 6.07) is 8.67. The van der Waals surface area contributed by atoms with Crippen molar-refractivity contribution in [3.63, 3.8) is 0 Å². The van der Waals surface area contributed by atoms with E-state index in [2.05, 4.69) is 29.2 Å². The lowest BCUT2D eigenvalue weighted by Crippen LogP contribution is -2.17. The zero-order valence-electron chi connectivity index (χ0n) is 8.08. The molecule has 1 aliphatic rings. The van der Waals surface area contributed by atoms with Crippen LogP contribution in [0.3, 0.4) is 0 Å². The molecule has 0 N–H and O–H groups in total. The number of nitrogens with zero attached hydrogens (tertiary/aromatic N) is 1. The number of benzene rings is 1. The first-order chi connectivity index (χ1) is 6.40. The summed E-state index contributed by atoms with van der Waals surface area (Å²) in [7, 11) is 0. The number of hydrogen-bond donors (Lipinski definition) is 0. The minimum absolute atomic E-state index is 0. The second-order valence-electron chi connectivity index (χ2n) is 3.52. The average Bonchev–Trinajstić information content (AvgIpc) is 2.57. The van der Waals surface area contributed by atoms with Gasteiger partial charge >= 0.3 is 0 Å². The molecule has 1 heterocycles. The predicted octanol–water partition coefficient (Wildman–Crippen LogP) is 3.05. The third-order valence-corrected chi connectivity index (χ3v) is 2.78. The smallest absolute Gasteiger partial charge is 0.0240 e. The van der Waals surface area contributed by atoms with Crippen molar-refractivity contribution < 1.29 is 0 Å². The summed E-state index contributed by atoms with van der Waals surface area (Å²) in [4.78, 5) is 2.45. The first kappa shape index (κ1) is 11.8. The Morgan fingerprint density at radius 3 is 2.21 bits per heavy atom. The van der Waals surface area contributed by atoms with Crippen LogP contribution in [0.5, 0.6) is 0 Å². The zero-order valence-corrected chi connectivity index (χ0v) is 9.65. The van der Waals surface area contributed by atoms with Gasteiger partial charge in [0, 0.05) is 19.0 Å². The molecule has 0 atom stereocenters. The Hall–Kier alpha value is -0.240. The van der Waals surface area contributed by atoms with Crippen LogP contribution in [0, 0.1) is 0 Å². The van der Waals surface area contributed by atoms with Crippen molar-refractivity contribution in [2.45, 2.75) is 19.5 Å². The molecule has 0 unspecified atom stereocenters. The Labute approximate surface area is 96.5 Å². The van der Waals surface area contributed by atoms with Crippen molar-refractivity contribution in [2.75, 3.05) is 12.4 Å². The number of hydrogen-bond acceptors (Lipinski definition) is 1. The SMILES string of the molecule is Cl.ClCCCN1Cc2ccccc2C1. The summed E-state index contributed by atoms with van der Waals surface area (Å²) in [5.74, 6) is 0.771. The molecule has 0 bridgehead atoms. The Morgan fingerprint density at radius 1 is 1.14 bits per heavy atom. The molecule has 1 aromatic carbocycles. The van der Waals surface area contributed by atoms with Crippen molar-refractivity contribution in [3.8, 4) is 0 Å². The van der Waals surface area contributed by atoms with Crippen molar-refractivity contribution in [1.29, 1.82) is 0 Å². The molecule has 0 saturated heterocycles. The van der Waals surface area contributed by atoms with E-state index in [0.29, 0.717) is 0 Å². The maximum Gasteiger partial charge on any atom is 0.0240 e. The molecule has 0 amide bonds. The normalized spacial score (nSPS) is 14.9. The molecule has 0 fully saturated rings. The lowest BCUT2D eigenvalue weighted by atomic mass is 10.1. The van der Waals surface area contributed by atoms with E-state index in [1.807, 2.05) is 0 Å². The standard InChI is InChI=1S/C11H14ClN.ClH/c12-6-3-7-13-8-10-4-1-2-5-11(10)9-13;/h1-2,4-5H,3,6-9H2;1H. The van der Waals surface area contributed by atoms with Crippen LogP contribution in [0.4, 0.5) is 0 Å². The molecule has 0 aromatic heterocycles. The molecule has 14 heavy (non-hydrogen) atoms. The molecule has 3 heteroatoms. The highest BCUT2D eigenvalue weighted by Gasteiger charge is 2.16. The third-order valence-electron chi connectivity index (χ3n) is 2.51. The second kappa shape index (κ2) is 5.59. The third kappa shape index (κ3) is 2.63. The predicted molar refractivity (Wildman–Crippen MR) is 63.1 cm³/mol. The fourth-order valence-corrected chi connectivity index (χ4v) is 1.96. The maximum atomic E-state index is 5.66. The number of fused-ring (bicyclic) bond motifs is 1. The number of alkyl halides is 1. The molecular formula is C11H15Cl2N. The fraction of sp³-hybridized carbons (Fsp3) is 0.455. The second-order valence-corrected chi connectivity index (χ2v) is 3.90. The minimum Gasteiger partial charge on any atom is -0.295 e. The molecule has 0 radical (unpaired) electrons. The summed E-state index contributed by atoms with van der Waals surface area (Å²) in [5, 5.41) is 0. The van der Waals surface area contributed by atoms with Gasteiger partial charge in [0.25, 0.3) is 0 Å².